The summed E-state index contributed by atoms with van der Waals surface area (Å²) in [7, 11) is 1.67. The molecule has 3 nitrogen and oxygen atoms in total. The number of ether oxygens (including phenoxy) is 1. The Morgan fingerprint density at radius 3 is 2.50 bits per heavy atom. The highest BCUT2D eigenvalue weighted by Crippen LogP contribution is 2.25. The van der Waals surface area contributed by atoms with Crippen molar-refractivity contribution < 1.29 is 9.13 Å². The van der Waals surface area contributed by atoms with Gasteiger partial charge in [0.2, 0.25) is 0 Å². The molecule has 1 aromatic carbocycles. The van der Waals surface area contributed by atoms with E-state index < -0.39 is 0 Å². The molecule has 0 saturated carbocycles. The molecular formula is C16H27FN2O. The van der Waals surface area contributed by atoms with E-state index in [0.717, 1.165) is 18.7 Å². The van der Waals surface area contributed by atoms with Gasteiger partial charge in [-0.2, -0.15) is 0 Å². The maximum Gasteiger partial charge on any atom is 0.146 e. The molecule has 0 aliphatic heterocycles. The van der Waals surface area contributed by atoms with E-state index in [0.29, 0.717) is 12.3 Å². The number of methoxy groups -OCH3 is 1. The first kappa shape index (κ1) is 16.9. The van der Waals surface area contributed by atoms with Gasteiger partial charge in [0.1, 0.15) is 5.82 Å². The number of nitrogens with one attached hydrogen (secondary N) is 1. The van der Waals surface area contributed by atoms with Crippen molar-refractivity contribution in [2.75, 3.05) is 31.7 Å². The van der Waals surface area contributed by atoms with Crippen molar-refractivity contribution in [3.63, 3.8) is 0 Å². The Hall–Kier alpha value is -1.13. The molecule has 1 aromatic rings. The van der Waals surface area contributed by atoms with Crippen LogP contribution in [0.1, 0.15) is 39.3 Å². The molecule has 0 aliphatic rings. The summed E-state index contributed by atoms with van der Waals surface area (Å²) in [5, 5.41) is 3.29. The van der Waals surface area contributed by atoms with Gasteiger partial charge in [-0.1, -0.05) is 13.0 Å². The van der Waals surface area contributed by atoms with Crippen LogP contribution in [0.25, 0.3) is 0 Å². The summed E-state index contributed by atoms with van der Waals surface area (Å²) in [4.78, 5) is 2.03. The Kier molecular flexibility index (Phi) is 6.96. The second kappa shape index (κ2) is 8.22. The number of halogens is 1. The number of nitrogens with zero attached hydrogens (tertiary/aromatic N) is 1. The number of benzene rings is 1. The van der Waals surface area contributed by atoms with Gasteiger partial charge >= 0.3 is 0 Å². The van der Waals surface area contributed by atoms with Gasteiger partial charge in [0.15, 0.2) is 0 Å². The maximum absolute atomic E-state index is 14.4. The summed E-state index contributed by atoms with van der Waals surface area (Å²) in [6, 6.07) is 5.80. The van der Waals surface area contributed by atoms with Crippen molar-refractivity contribution in [3.05, 3.63) is 29.6 Å². The molecule has 0 bridgehead atoms. The Morgan fingerprint density at radius 1 is 1.30 bits per heavy atom. The van der Waals surface area contributed by atoms with Crippen LogP contribution in [0.15, 0.2) is 18.2 Å². The first-order chi connectivity index (χ1) is 9.54. The van der Waals surface area contributed by atoms with Crippen molar-refractivity contribution >= 4 is 5.69 Å². The zero-order valence-electron chi connectivity index (χ0n) is 13.2. The van der Waals surface area contributed by atoms with Crippen LogP contribution in [-0.4, -0.2) is 32.8 Å². The number of rotatable bonds is 8. The van der Waals surface area contributed by atoms with Gasteiger partial charge in [-0.05, 0) is 45.0 Å². The Balaban J connectivity index is 2.95. The minimum absolute atomic E-state index is 0.150. The molecular weight excluding hydrogens is 255 g/mol. The molecule has 0 heterocycles. The first-order valence-electron chi connectivity index (χ1n) is 7.33. The Labute approximate surface area is 122 Å². The monoisotopic (exact) mass is 282 g/mol. The van der Waals surface area contributed by atoms with Gasteiger partial charge in [0, 0.05) is 25.7 Å². The van der Waals surface area contributed by atoms with Gasteiger partial charge in [-0.3, -0.25) is 0 Å². The van der Waals surface area contributed by atoms with E-state index in [-0.39, 0.29) is 17.9 Å². The number of likely N-dealkylation sites (N-methyl/N-ethyl adjacent to an activating group) is 1. The van der Waals surface area contributed by atoms with E-state index in [1.54, 1.807) is 13.2 Å². The predicted octanol–water partition coefficient (Wildman–Crippen LogP) is 3.36. The third-order valence-electron chi connectivity index (χ3n) is 3.57. The highest BCUT2D eigenvalue weighted by atomic mass is 19.1. The van der Waals surface area contributed by atoms with Gasteiger partial charge in [0.05, 0.1) is 12.3 Å². The average molecular weight is 282 g/mol. The molecule has 1 rings (SSSR count). The fourth-order valence-electron chi connectivity index (χ4n) is 2.50. The molecule has 1 N–H and O–H groups in total. The van der Waals surface area contributed by atoms with E-state index in [1.165, 1.54) is 0 Å². The van der Waals surface area contributed by atoms with Crippen LogP contribution in [0.4, 0.5) is 10.1 Å². The Bertz CT molecular complexity index is 411. The Morgan fingerprint density at radius 2 is 2.00 bits per heavy atom. The number of hydrogen-bond acceptors (Lipinski definition) is 3. The lowest BCUT2D eigenvalue weighted by molar-refractivity contribution is 0.181. The zero-order valence-corrected chi connectivity index (χ0v) is 13.2. The zero-order chi connectivity index (χ0) is 15.1. The molecule has 0 aromatic heterocycles. The van der Waals surface area contributed by atoms with Crippen LogP contribution in [-0.2, 0) is 4.74 Å². The molecule has 2 unspecified atom stereocenters. The van der Waals surface area contributed by atoms with Gasteiger partial charge in [0.25, 0.3) is 0 Å². The van der Waals surface area contributed by atoms with E-state index in [2.05, 4.69) is 5.32 Å². The molecule has 4 heteroatoms. The van der Waals surface area contributed by atoms with Crippen LogP contribution in [0.2, 0.25) is 0 Å². The summed E-state index contributed by atoms with van der Waals surface area (Å²) in [5.41, 5.74) is 1.62. The SMILES string of the molecule is CCNC(C)c1ccc(N(CC)C(C)COC)c(F)c1. The minimum atomic E-state index is -0.169. The molecule has 0 fully saturated rings. The highest BCUT2D eigenvalue weighted by Gasteiger charge is 2.17. The summed E-state index contributed by atoms with van der Waals surface area (Å²) < 4.78 is 19.5. The van der Waals surface area contributed by atoms with Crippen LogP contribution < -0.4 is 10.2 Å². The third kappa shape index (κ3) is 4.18. The molecule has 0 radical (unpaired) electrons. The first-order valence-corrected chi connectivity index (χ1v) is 7.33. The second-order valence-corrected chi connectivity index (χ2v) is 5.08. The molecule has 0 amide bonds. The lowest BCUT2D eigenvalue weighted by Crippen LogP contribution is -2.36. The summed E-state index contributed by atoms with van der Waals surface area (Å²) in [5.74, 6) is -0.169. The topological polar surface area (TPSA) is 24.5 Å². The van der Waals surface area contributed by atoms with Crippen molar-refractivity contribution in [1.29, 1.82) is 0 Å². The lowest BCUT2D eigenvalue weighted by atomic mass is 10.1. The molecule has 20 heavy (non-hydrogen) atoms. The standard InChI is InChI=1S/C16H27FN2O/c1-6-18-13(4)14-8-9-16(15(17)10-14)19(7-2)12(3)11-20-5/h8-10,12-13,18H,6-7,11H2,1-5H3. The van der Waals surface area contributed by atoms with Crippen molar-refractivity contribution in [2.24, 2.45) is 0 Å². The van der Waals surface area contributed by atoms with Crippen LogP contribution >= 0.6 is 0 Å². The summed E-state index contributed by atoms with van der Waals surface area (Å²) in [6.45, 7) is 10.4. The molecule has 0 saturated heterocycles. The van der Waals surface area contributed by atoms with E-state index >= 15 is 0 Å². The largest absolute Gasteiger partial charge is 0.383 e. The van der Waals surface area contributed by atoms with Crippen LogP contribution in [0.5, 0.6) is 0 Å². The second-order valence-electron chi connectivity index (χ2n) is 5.08. The fraction of sp³-hybridized carbons (Fsp3) is 0.625. The quantitative estimate of drug-likeness (QED) is 0.791. The third-order valence-corrected chi connectivity index (χ3v) is 3.57. The predicted molar refractivity (Wildman–Crippen MR) is 82.8 cm³/mol. The smallest absolute Gasteiger partial charge is 0.146 e. The van der Waals surface area contributed by atoms with E-state index in [9.17, 15) is 4.39 Å². The van der Waals surface area contributed by atoms with Gasteiger partial charge < -0.3 is 15.0 Å². The molecule has 0 spiro atoms. The maximum atomic E-state index is 14.4. The highest BCUT2D eigenvalue weighted by molar-refractivity contribution is 5.50. The summed E-state index contributed by atoms with van der Waals surface area (Å²) in [6.07, 6.45) is 0. The van der Waals surface area contributed by atoms with E-state index in [1.807, 2.05) is 44.7 Å². The van der Waals surface area contributed by atoms with Crippen LogP contribution in [0, 0.1) is 5.82 Å². The molecule has 0 aliphatic carbocycles. The number of anilines is 1. The molecule has 114 valence electrons. The normalized spacial score (nSPS) is 14.1. The van der Waals surface area contributed by atoms with Crippen molar-refractivity contribution in [3.8, 4) is 0 Å². The minimum Gasteiger partial charge on any atom is -0.383 e. The lowest BCUT2D eigenvalue weighted by Gasteiger charge is -2.30. The van der Waals surface area contributed by atoms with Crippen molar-refractivity contribution in [1.82, 2.24) is 5.32 Å². The van der Waals surface area contributed by atoms with E-state index in [4.69, 9.17) is 4.74 Å². The van der Waals surface area contributed by atoms with Crippen LogP contribution in [0.3, 0.4) is 0 Å². The molecule has 2 atom stereocenters. The van der Waals surface area contributed by atoms with Gasteiger partial charge in [-0.25, -0.2) is 4.39 Å². The van der Waals surface area contributed by atoms with Gasteiger partial charge in [-0.15, -0.1) is 0 Å². The summed E-state index contributed by atoms with van der Waals surface area (Å²) >= 11 is 0. The fourth-order valence-corrected chi connectivity index (χ4v) is 2.50. The average Bonchev–Trinajstić information content (AvgIpc) is 2.42. The number of hydrogen-bond donors (Lipinski definition) is 1. The van der Waals surface area contributed by atoms with Crippen molar-refractivity contribution in [2.45, 2.75) is 39.8 Å².